The Bertz CT molecular complexity index is 1140. The Morgan fingerprint density at radius 3 is 2.50 bits per heavy atom. The van der Waals surface area contributed by atoms with Crippen LogP contribution in [0.1, 0.15) is 18.1 Å². The summed E-state index contributed by atoms with van der Waals surface area (Å²) in [6.07, 6.45) is 1.81. The van der Waals surface area contributed by atoms with Crippen molar-refractivity contribution >= 4 is 41.4 Å². The van der Waals surface area contributed by atoms with E-state index < -0.39 is 18.1 Å². The van der Waals surface area contributed by atoms with Crippen LogP contribution in [0.2, 0.25) is 0 Å². The zero-order valence-corrected chi connectivity index (χ0v) is 20.9. The Labute approximate surface area is 197 Å². The fourth-order valence-electron chi connectivity index (χ4n) is 3.20. The number of nitrogens with zero attached hydrogens (tertiary/aromatic N) is 3. The normalized spacial score (nSPS) is 12.9. The summed E-state index contributed by atoms with van der Waals surface area (Å²) in [4.78, 5) is 11.6. The number of hydrogen-bond donors (Lipinski definition) is 0. The van der Waals surface area contributed by atoms with Crippen LogP contribution in [0.15, 0.2) is 76.7 Å². The topological polar surface area (TPSA) is 55.7 Å². The second kappa shape index (κ2) is 10.5. The third kappa shape index (κ3) is 5.62. The standard InChI is InChI=1S/C25H27N3O3.Ga/c1-18(21-8-4-7-11-24(21)29)27-23-10-6-5-9-22(23)26-17-19-12-13-20(16-25(19)30)31-15-14-28(2)3;/h4-13,16-17,29-30H,14-15H2,1-3H3;/q;+2/p-2. The monoisotopic (exact) mass is 484 g/mol. The van der Waals surface area contributed by atoms with Crippen LogP contribution >= 0.6 is 0 Å². The fourth-order valence-corrected chi connectivity index (χ4v) is 4.60. The van der Waals surface area contributed by atoms with E-state index in [0.29, 0.717) is 12.4 Å². The number of para-hydroxylation sites is 3. The summed E-state index contributed by atoms with van der Waals surface area (Å²) in [6.45, 7) is 3.43. The molecule has 0 atom stereocenters. The molecule has 161 valence electrons. The van der Waals surface area contributed by atoms with Crippen molar-refractivity contribution in [3.8, 4) is 17.2 Å². The second-order valence-electron chi connectivity index (χ2n) is 7.62. The molecule has 0 saturated heterocycles. The summed E-state index contributed by atoms with van der Waals surface area (Å²) in [5.41, 5.74) is 4.29. The van der Waals surface area contributed by atoms with Crippen LogP contribution in [0, 0.1) is 0 Å². The molecule has 1 aliphatic heterocycles. The molecule has 3 aromatic carbocycles. The predicted molar refractivity (Wildman–Crippen MR) is 130 cm³/mol. The molecule has 0 N–H and O–H groups in total. The summed E-state index contributed by atoms with van der Waals surface area (Å²) in [6, 6.07) is 21.6. The van der Waals surface area contributed by atoms with E-state index in [2.05, 4.69) is 4.90 Å². The first kappa shape index (κ1) is 22.2. The van der Waals surface area contributed by atoms with E-state index in [0.717, 1.165) is 46.3 Å². The van der Waals surface area contributed by atoms with Crippen LogP contribution in [0.4, 0.5) is 11.4 Å². The molecule has 1 radical (unpaired) electrons. The predicted octanol–water partition coefficient (Wildman–Crippen LogP) is 4.82. The van der Waals surface area contributed by atoms with Crippen LogP contribution in [0.25, 0.3) is 0 Å². The molecule has 6 nitrogen and oxygen atoms in total. The number of aliphatic imine (C=N–C) groups is 2. The van der Waals surface area contributed by atoms with Gasteiger partial charge < -0.3 is 0 Å². The average molecular weight is 485 g/mol. The van der Waals surface area contributed by atoms with Gasteiger partial charge in [-0.15, -0.1) is 0 Å². The zero-order valence-electron chi connectivity index (χ0n) is 18.5. The number of benzene rings is 3. The quantitative estimate of drug-likeness (QED) is 0.498. The van der Waals surface area contributed by atoms with Gasteiger partial charge in [-0.1, -0.05) is 0 Å². The molecule has 0 aromatic heterocycles. The summed E-state index contributed by atoms with van der Waals surface area (Å²) in [7, 11) is 4.05. The molecule has 0 amide bonds. The van der Waals surface area contributed by atoms with Gasteiger partial charge in [0.1, 0.15) is 0 Å². The average Bonchev–Trinajstić information content (AvgIpc) is 2.80. The van der Waals surface area contributed by atoms with E-state index in [9.17, 15) is 0 Å². The van der Waals surface area contributed by atoms with Gasteiger partial charge in [0.15, 0.2) is 0 Å². The first-order chi connectivity index (χ1) is 15.6. The van der Waals surface area contributed by atoms with E-state index >= 15 is 0 Å². The molecule has 0 aliphatic carbocycles. The maximum atomic E-state index is 6.16. The van der Waals surface area contributed by atoms with Crippen molar-refractivity contribution < 1.29 is 11.8 Å². The first-order valence-corrected chi connectivity index (χ1v) is 12.4. The van der Waals surface area contributed by atoms with Crippen molar-refractivity contribution in [1.82, 2.24) is 4.90 Å². The molecule has 1 heterocycles. The molecule has 32 heavy (non-hydrogen) atoms. The summed E-state index contributed by atoms with van der Waals surface area (Å²) >= 11 is -1.54. The van der Waals surface area contributed by atoms with Crippen molar-refractivity contribution in [2.24, 2.45) is 9.98 Å². The Balaban J connectivity index is 1.72. The van der Waals surface area contributed by atoms with Gasteiger partial charge in [-0.25, -0.2) is 0 Å². The Kier molecular flexibility index (Phi) is 7.31. The Hall–Kier alpha value is -3.00. The molecule has 0 fully saturated rings. The third-order valence-electron chi connectivity index (χ3n) is 4.93. The summed E-state index contributed by atoms with van der Waals surface area (Å²) in [5.74, 6) is 2.26. The van der Waals surface area contributed by atoms with E-state index in [4.69, 9.17) is 21.8 Å². The van der Waals surface area contributed by atoms with Crippen molar-refractivity contribution in [2.45, 2.75) is 6.92 Å². The minimum absolute atomic E-state index is 0.604. The molecule has 1 aliphatic rings. The van der Waals surface area contributed by atoms with E-state index in [1.807, 2.05) is 94.0 Å². The molecule has 3 aromatic rings. The number of fused-ring (bicyclic) bond motifs is 3. The van der Waals surface area contributed by atoms with E-state index in [1.54, 1.807) is 0 Å². The molecule has 0 bridgehead atoms. The Morgan fingerprint density at radius 2 is 1.66 bits per heavy atom. The van der Waals surface area contributed by atoms with Crippen LogP contribution in [-0.2, 0) is 0 Å². The third-order valence-corrected chi connectivity index (χ3v) is 6.40. The van der Waals surface area contributed by atoms with Gasteiger partial charge in [-0.3, -0.25) is 0 Å². The van der Waals surface area contributed by atoms with Gasteiger partial charge in [-0.2, -0.15) is 0 Å². The van der Waals surface area contributed by atoms with Gasteiger partial charge in [0, 0.05) is 0 Å². The molecule has 0 unspecified atom stereocenters. The van der Waals surface area contributed by atoms with E-state index in [-0.39, 0.29) is 0 Å². The van der Waals surface area contributed by atoms with Gasteiger partial charge >= 0.3 is 197 Å². The second-order valence-corrected chi connectivity index (χ2v) is 9.02. The van der Waals surface area contributed by atoms with E-state index in [1.165, 1.54) is 0 Å². The SMILES string of the molecule is CC1=Nc2ccccc2N=Cc2ccc(OCCN(C)C)cc2[O][Ga][O]c2ccccc21. The summed E-state index contributed by atoms with van der Waals surface area (Å²) in [5, 5.41) is 0. The number of ether oxygens (including phenoxy) is 1. The molecular formula is C25H25GaN3O3. The summed E-state index contributed by atoms with van der Waals surface area (Å²) < 4.78 is 18.2. The Morgan fingerprint density at radius 1 is 0.906 bits per heavy atom. The number of hydrogen-bond acceptors (Lipinski definition) is 6. The molecule has 0 spiro atoms. The molecule has 4 rings (SSSR count). The van der Waals surface area contributed by atoms with Crippen molar-refractivity contribution in [1.29, 1.82) is 0 Å². The molecule has 7 heteroatoms. The molecule has 0 saturated carbocycles. The fraction of sp³-hybridized carbons (Fsp3) is 0.200. The van der Waals surface area contributed by atoms with Gasteiger partial charge in [0.25, 0.3) is 0 Å². The number of rotatable bonds is 4. The van der Waals surface area contributed by atoms with Crippen LogP contribution in [-0.4, -0.2) is 62.2 Å². The van der Waals surface area contributed by atoms with Crippen LogP contribution < -0.4 is 11.8 Å². The van der Waals surface area contributed by atoms with Gasteiger partial charge in [-0.05, 0) is 0 Å². The van der Waals surface area contributed by atoms with Crippen molar-refractivity contribution in [3.05, 3.63) is 77.9 Å². The number of likely N-dealkylation sites (N-methyl/N-ethyl adjacent to an activating group) is 1. The van der Waals surface area contributed by atoms with Crippen LogP contribution in [0.3, 0.4) is 0 Å². The van der Waals surface area contributed by atoms with Gasteiger partial charge in [0.05, 0.1) is 0 Å². The van der Waals surface area contributed by atoms with Crippen LogP contribution in [0.5, 0.6) is 17.2 Å². The maximum absolute atomic E-state index is 6.16. The zero-order chi connectivity index (χ0) is 22.3. The first-order valence-electron chi connectivity index (χ1n) is 10.4. The van der Waals surface area contributed by atoms with Gasteiger partial charge in [0.2, 0.25) is 0 Å². The van der Waals surface area contributed by atoms with Crippen molar-refractivity contribution in [3.63, 3.8) is 0 Å². The van der Waals surface area contributed by atoms with Crippen molar-refractivity contribution in [2.75, 3.05) is 27.2 Å². The minimum atomic E-state index is -1.54. The molecular weight excluding hydrogens is 460 g/mol.